The fourth-order valence-electron chi connectivity index (χ4n) is 3.51. The molecule has 180 valence electrons. The molecule has 0 bridgehead atoms. The molecule has 1 heterocycles. The number of nitrogens with one attached hydrogen (secondary N) is 1. The van der Waals surface area contributed by atoms with Gasteiger partial charge in [0, 0.05) is 25.4 Å². The second-order valence-electron chi connectivity index (χ2n) is 8.17. The minimum atomic E-state index is -1.02. The molecule has 6 nitrogen and oxygen atoms in total. The van der Waals surface area contributed by atoms with Gasteiger partial charge in [-0.2, -0.15) is 4.98 Å². The number of thioether (sulfide) groups is 1. The maximum atomic E-state index is 12.3. The maximum absolute atomic E-state index is 12.3. The number of benzene rings is 2. The number of nitrogens with zero attached hydrogens (tertiary/aromatic N) is 3. The molecule has 3 rings (SSSR count). The zero-order valence-corrected chi connectivity index (χ0v) is 20.9. The highest BCUT2D eigenvalue weighted by Gasteiger charge is 2.23. The second kappa shape index (κ2) is 13.6. The normalized spacial score (nSPS) is 10.8. The number of hydrogen-bond donors (Lipinski definition) is 2. The molecule has 34 heavy (non-hydrogen) atoms. The van der Waals surface area contributed by atoms with Gasteiger partial charge in [0.15, 0.2) is 0 Å². The average Bonchev–Trinajstić information content (AvgIpc) is 2.87. The number of carbonyl (C=O) groups is 1. The molecule has 0 radical (unpaired) electrons. The lowest BCUT2D eigenvalue weighted by Crippen LogP contribution is -2.28. The highest BCUT2D eigenvalue weighted by Crippen LogP contribution is 2.31. The number of anilines is 2. The van der Waals surface area contributed by atoms with Gasteiger partial charge in [-0.1, -0.05) is 87.4 Å². The van der Waals surface area contributed by atoms with E-state index >= 15 is 0 Å². The molecule has 0 aliphatic rings. The van der Waals surface area contributed by atoms with Crippen LogP contribution in [0.25, 0.3) is 0 Å². The van der Waals surface area contributed by atoms with E-state index < -0.39 is 5.97 Å². The third-order valence-corrected chi connectivity index (χ3v) is 6.49. The summed E-state index contributed by atoms with van der Waals surface area (Å²) < 4.78 is 0. The summed E-state index contributed by atoms with van der Waals surface area (Å²) in [5.41, 5.74) is 2.31. The van der Waals surface area contributed by atoms with Crippen molar-refractivity contribution in [3.05, 3.63) is 77.4 Å². The zero-order valence-electron chi connectivity index (χ0n) is 20.0. The molecule has 0 atom stereocenters. The van der Waals surface area contributed by atoms with Crippen LogP contribution in [-0.4, -0.2) is 34.1 Å². The van der Waals surface area contributed by atoms with E-state index in [1.807, 2.05) is 60.7 Å². The summed E-state index contributed by atoms with van der Waals surface area (Å²) in [4.78, 5) is 24.1. The van der Waals surface area contributed by atoms with E-state index in [-0.39, 0.29) is 5.56 Å². The summed E-state index contributed by atoms with van der Waals surface area (Å²) in [6.45, 7) is 6.53. The van der Waals surface area contributed by atoms with Crippen LogP contribution in [0, 0.1) is 0 Å². The second-order valence-corrected chi connectivity index (χ2v) is 9.13. The van der Waals surface area contributed by atoms with E-state index in [1.165, 1.54) is 11.8 Å². The molecular formula is C27H34N4O2S. The zero-order chi connectivity index (χ0) is 24.2. The minimum absolute atomic E-state index is 0.131. The van der Waals surface area contributed by atoms with Crippen LogP contribution in [0.5, 0.6) is 0 Å². The van der Waals surface area contributed by atoms with Crippen molar-refractivity contribution in [2.24, 2.45) is 0 Å². The van der Waals surface area contributed by atoms with Crippen LogP contribution in [0.15, 0.2) is 65.7 Å². The Bertz CT molecular complexity index is 959. The van der Waals surface area contributed by atoms with Gasteiger partial charge in [0.05, 0.1) is 0 Å². The SMILES string of the molecule is CCCCN(CCCC)c1nc(NCc2ccccc2)c(C(=O)O)c(SCc2ccccc2)n1. The molecule has 0 unspecified atom stereocenters. The van der Waals surface area contributed by atoms with Crippen LogP contribution in [-0.2, 0) is 12.3 Å². The molecule has 7 heteroatoms. The van der Waals surface area contributed by atoms with Crippen molar-refractivity contribution in [1.29, 1.82) is 0 Å². The Balaban J connectivity index is 1.98. The summed E-state index contributed by atoms with van der Waals surface area (Å²) in [5, 5.41) is 13.9. The Morgan fingerprint density at radius 1 is 0.912 bits per heavy atom. The van der Waals surface area contributed by atoms with Gasteiger partial charge >= 0.3 is 5.97 Å². The van der Waals surface area contributed by atoms with Crippen LogP contribution in [0.2, 0.25) is 0 Å². The maximum Gasteiger partial charge on any atom is 0.342 e. The Kier molecular flexibility index (Phi) is 10.2. The van der Waals surface area contributed by atoms with Gasteiger partial charge < -0.3 is 15.3 Å². The Morgan fingerprint density at radius 3 is 2.06 bits per heavy atom. The standard InChI is InChI=1S/C27H34N4O2S/c1-3-5-17-31(18-6-4-2)27-29-24(28-19-21-13-9-7-10-14-21)23(26(32)33)25(30-27)34-20-22-15-11-8-12-16-22/h7-16H,3-6,17-20H2,1-2H3,(H,32,33)(H,28,29,30). The number of rotatable bonds is 14. The van der Waals surface area contributed by atoms with Crippen LogP contribution in [0.3, 0.4) is 0 Å². The first kappa shape index (κ1) is 25.6. The van der Waals surface area contributed by atoms with Crippen molar-refractivity contribution in [2.45, 2.75) is 56.9 Å². The van der Waals surface area contributed by atoms with Gasteiger partial charge in [-0.05, 0) is 24.0 Å². The van der Waals surface area contributed by atoms with Gasteiger partial charge in [0.1, 0.15) is 16.4 Å². The lowest BCUT2D eigenvalue weighted by Gasteiger charge is -2.24. The van der Waals surface area contributed by atoms with Crippen molar-refractivity contribution in [3.8, 4) is 0 Å². The number of aromatic carboxylic acids is 1. The molecule has 0 saturated heterocycles. The smallest absolute Gasteiger partial charge is 0.342 e. The summed E-state index contributed by atoms with van der Waals surface area (Å²) in [7, 11) is 0. The van der Waals surface area contributed by atoms with Crippen molar-refractivity contribution in [2.75, 3.05) is 23.3 Å². The van der Waals surface area contributed by atoms with Crippen LogP contribution >= 0.6 is 11.8 Å². The molecule has 1 aromatic heterocycles. The molecule has 0 spiro atoms. The van der Waals surface area contributed by atoms with Crippen molar-refractivity contribution >= 4 is 29.5 Å². The van der Waals surface area contributed by atoms with Crippen molar-refractivity contribution < 1.29 is 9.90 Å². The number of aromatic nitrogens is 2. The molecule has 2 aromatic carbocycles. The summed E-state index contributed by atoms with van der Waals surface area (Å²) >= 11 is 1.44. The quantitative estimate of drug-likeness (QED) is 0.203. The molecule has 3 aromatic rings. The molecule has 0 amide bonds. The number of carboxylic acids is 1. The molecule has 0 saturated carbocycles. The minimum Gasteiger partial charge on any atom is -0.477 e. The van der Waals surface area contributed by atoms with Crippen LogP contribution < -0.4 is 10.2 Å². The fraction of sp³-hybridized carbons (Fsp3) is 0.370. The van der Waals surface area contributed by atoms with E-state index in [9.17, 15) is 9.90 Å². The average molecular weight is 479 g/mol. The van der Waals surface area contributed by atoms with Crippen molar-refractivity contribution in [1.82, 2.24) is 9.97 Å². The first-order valence-corrected chi connectivity index (χ1v) is 13.0. The molecule has 0 aliphatic carbocycles. The van der Waals surface area contributed by atoms with E-state index in [1.54, 1.807) is 0 Å². The topological polar surface area (TPSA) is 78.4 Å². The third-order valence-electron chi connectivity index (χ3n) is 5.45. The van der Waals surface area contributed by atoms with E-state index in [4.69, 9.17) is 9.97 Å². The van der Waals surface area contributed by atoms with Gasteiger partial charge in [0.2, 0.25) is 5.95 Å². The largest absolute Gasteiger partial charge is 0.477 e. The predicted octanol–water partition coefficient (Wildman–Crippen LogP) is 6.49. The lowest BCUT2D eigenvalue weighted by molar-refractivity contribution is 0.0693. The van der Waals surface area contributed by atoms with Gasteiger partial charge in [-0.15, -0.1) is 11.8 Å². The predicted molar refractivity (Wildman–Crippen MR) is 141 cm³/mol. The Morgan fingerprint density at radius 2 is 1.50 bits per heavy atom. The monoisotopic (exact) mass is 478 g/mol. The van der Waals surface area contributed by atoms with Gasteiger partial charge in [0.25, 0.3) is 0 Å². The van der Waals surface area contributed by atoms with Gasteiger partial charge in [-0.25, -0.2) is 9.78 Å². The van der Waals surface area contributed by atoms with E-state index in [0.717, 1.165) is 49.9 Å². The van der Waals surface area contributed by atoms with Crippen molar-refractivity contribution in [3.63, 3.8) is 0 Å². The Labute approximate surface area is 206 Å². The van der Waals surface area contributed by atoms with Gasteiger partial charge in [-0.3, -0.25) is 0 Å². The lowest BCUT2D eigenvalue weighted by atomic mass is 10.2. The van der Waals surface area contributed by atoms with E-state index in [2.05, 4.69) is 24.1 Å². The summed E-state index contributed by atoms with van der Waals surface area (Å²) in [6.07, 6.45) is 4.22. The van der Waals surface area contributed by atoms with Crippen LogP contribution in [0.4, 0.5) is 11.8 Å². The Hall–Kier alpha value is -3.06. The number of unbranched alkanes of at least 4 members (excludes halogenated alkanes) is 2. The summed E-state index contributed by atoms with van der Waals surface area (Å²) in [5.74, 6) is 0.582. The highest BCUT2D eigenvalue weighted by molar-refractivity contribution is 7.98. The highest BCUT2D eigenvalue weighted by atomic mass is 32.2. The third kappa shape index (κ3) is 7.48. The molecule has 2 N–H and O–H groups in total. The first-order chi connectivity index (χ1) is 16.6. The first-order valence-electron chi connectivity index (χ1n) is 12.0. The summed E-state index contributed by atoms with van der Waals surface area (Å²) in [6, 6.07) is 20.0. The fourth-order valence-corrected chi connectivity index (χ4v) is 4.48. The number of carboxylic acid groups (broad SMARTS) is 1. The van der Waals surface area contributed by atoms with Crippen LogP contribution in [0.1, 0.15) is 61.0 Å². The van der Waals surface area contributed by atoms with E-state index in [0.29, 0.717) is 29.1 Å². The number of hydrogen-bond acceptors (Lipinski definition) is 6. The molecule has 0 fully saturated rings. The molecule has 0 aliphatic heterocycles. The molecular weight excluding hydrogens is 444 g/mol.